The fraction of sp³-hybridized carbons (Fsp3) is 0.276. The van der Waals surface area contributed by atoms with E-state index in [2.05, 4.69) is 24.1 Å². The summed E-state index contributed by atoms with van der Waals surface area (Å²) in [5.41, 5.74) is 9.83. The van der Waals surface area contributed by atoms with Crippen LogP contribution in [0.15, 0.2) is 60.4 Å². The number of pyridine rings is 1. The number of ketones is 1. The maximum absolute atomic E-state index is 14.0. The Balaban J connectivity index is 1.37. The number of anilines is 2. The lowest BCUT2D eigenvalue weighted by atomic mass is 10.1. The van der Waals surface area contributed by atoms with Crippen molar-refractivity contribution in [2.24, 2.45) is 0 Å². The number of methoxy groups -OCH3 is 1. The summed E-state index contributed by atoms with van der Waals surface area (Å²) in [5, 5.41) is 5.17. The molecule has 1 aliphatic rings. The number of ether oxygens (including phenoxy) is 3. The van der Waals surface area contributed by atoms with E-state index < -0.39 is 5.83 Å². The smallest absolute Gasteiger partial charge is 0.219 e. The van der Waals surface area contributed by atoms with Crippen LogP contribution in [0.3, 0.4) is 0 Å². The summed E-state index contributed by atoms with van der Waals surface area (Å²) in [5.74, 6) is 0.297. The number of hydrogen-bond donors (Lipinski definition) is 3. The van der Waals surface area contributed by atoms with Gasteiger partial charge in [0.15, 0.2) is 11.6 Å². The summed E-state index contributed by atoms with van der Waals surface area (Å²) < 4.78 is 37.5. The Hall–Kier alpha value is -4.33. The van der Waals surface area contributed by atoms with Crippen LogP contribution in [0.25, 0.3) is 16.6 Å². The van der Waals surface area contributed by atoms with Gasteiger partial charge in [0.25, 0.3) is 0 Å². The predicted octanol–water partition coefficient (Wildman–Crippen LogP) is 5.34. The third-order valence-corrected chi connectivity index (χ3v) is 7.68. The number of halogens is 1. The molecule has 5 rings (SSSR count). The number of carbonyl (C=O) groups excluding carboxylic acids is 1. The van der Waals surface area contributed by atoms with Crippen LogP contribution in [0.1, 0.15) is 35.5 Å². The Morgan fingerprint density at radius 1 is 1.19 bits per heavy atom. The van der Waals surface area contributed by atoms with Crippen molar-refractivity contribution in [2.45, 2.75) is 20.8 Å². The highest BCUT2D eigenvalue weighted by molar-refractivity contribution is 7.98. The van der Waals surface area contributed by atoms with Gasteiger partial charge in [-0.15, -0.1) is 0 Å². The van der Waals surface area contributed by atoms with Crippen molar-refractivity contribution in [1.29, 1.82) is 0 Å². The maximum atomic E-state index is 14.0. The fourth-order valence-electron chi connectivity index (χ4n) is 4.45. The van der Waals surface area contributed by atoms with E-state index in [-0.39, 0.29) is 28.8 Å². The van der Waals surface area contributed by atoms with E-state index in [1.807, 2.05) is 19.1 Å². The van der Waals surface area contributed by atoms with Crippen molar-refractivity contribution in [3.05, 3.63) is 77.2 Å². The minimum Gasteiger partial charge on any atom is -0.495 e. The van der Waals surface area contributed by atoms with Crippen molar-refractivity contribution in [3.8, 4) is 17.3 Å². The molecule has 1 aliphatic heterocycles. The highest BCUT2D eigenvalue weighted by Crippen LogP contribution is 2.34. The number of nitrogens with zero attached hydrogens (tertiary/aromatic N) is 4. The van der Waals surface area contributed by atoms with E-state index >= 15 is 0 Å². The molecule has 0 bridgehead atoms. The van der Waals surface area contributed by atoms with Gasteiger partial charge in [0.05, 0.1) is 55.3 Å². The lowest BCUT2D eigenvalue weighted by Crippen LogP contribution is -2.32. The van der Waals surface area contributed by atoms with Crippen LogP contribution in [-0.4, -0.2) is 63.2 Å². The SMILES string of the molecule is C/C=C(F)\C(=C/C)Oc1cc(C)c(-n2ncc(C(=O)c3cc4cc(OC)c(NSN5CCOCC5)cc4[nH]3)c2N)cn1. The predicted molar refractivity (Wildman–Crippen MR) is 162 cm³/mol. The summed E-state index contributed by atoms with van der Waals surface area (Å²) in [6.45, 7) is 8.10. The number of aromatic amines is 1. The van der Waals surface area contributed by atoms with Gasteiger partial charge in [-0.25, -0.2) is 18.4 Å². The van der Waals surface area contributed by atoms with Gasteiger partial charge in [-0.3, -0.25) is 4.79 Å². The molecule has 3 aromatic heterocycles. The fourth-order valence-corrected chi connectivity index (χ4v) is 5.17. The van der Waals surface area contributed by atoms with Gasteiger partial charge < -0.3 is 29.7 Å². The number of aryl methyl sites for hydroxylation is 1. The normalized spacial score (nSPS) is 14.8. The highest BCUT2D eigenvalue weighted by Gasteiger charge is 2.22. The molecule has 0 amide bonds. The Labute approximate surface area is 246 Å². The van der Waals surface area contributed by atoms with Crippen LogP contribution in [0, 0.1) is 6.92 Å². The average Bonchev–Trinajstić information content (AvgIpc) is 3.61. The van der Waals surface area contributed by atoms with Gasteiger partial charge in [0, 0.05) is 42.2 Å². The molecule has 11 nitrogen and oxygen atoms in total. The molecule has 42 heavy (non-hydrogen) atoms. The number of nitrogens with two attached hydrogens (primary N) is 1. The molecule has 1 saturated heterocycles. The monoisotopic (exact) mass is 593 g/mol. The van der Waals surface area contributed by atoms with Gasteiger partial charge in [-0.2, -0.15) is 5.10 Å². The molecule has 4 heterocycles. The molecule has 4 N–H and O–H groups in total. The number of hydrogen-bond acceptors (Lipinski definition) is 10. The molecule has 220 valence electrons. The molecule has 0 spiro atoms. The number of nitrogen functional groups attached to an aromatic ring is 1. The van der Waals surface area contributed by atoms with Crippen LogP contribution in [-0.2, 0) is 4.74 Å². The summed E-state index contributed by atoms with van der Waals surface area (Å²) >= 11 is 1.49. The minimum absolute atomic E-state index is 0.0679. The number of H-pyrrole nitrogens is 1. The molecule has 0 radical (unpaired) electrons. The number of aromatic nitrogens is 4. The molecule has 0 saturated carbocycles. The highest BCUT2D eigenvalue weighted by atomic mass is 32.2. The lowest BCUT2D eigenvalue weighted by Gasteiger charge is -2.25. The lowest BCUT2D eigenvalue weighted by molar-refractivity contribution is 0.0775. The number of benzene rings is 1. The molecular weight excluding hydrogens is 561 g/mol. The Morgan fingerprint density at radius 3 is 2.67 bits per heavy atom. The number of fused-ring (bicyclic) bond motifs is 1. The second-order valence-corrected chi connectivity index (χ2v) is 10.3. The van der Waals surface area contributed by atoms with Crippen LogP contribution in [0.2, 0.25) is 0 Å². The zero-order valence-corrected chi connectivity index (χ0v) is 24.5. The Kier molecular flexibility index (Phi) is 8.80. The van der Waals surface area contributed by atoms with Gasteiger partial charge in [-0.05, 0) is 56.7 Å². The van der Waals surface area contributed by atoms with Crippen molar-refractivity contribution in [3.63, 3.8) is 0 Å². The summed E-state index contributed by atoms with van der Waals surface area (Å²) in [4.78, 5) is 21.0. The van der Waals surface area contributed by atoms with E-state index in [9.17, 15) is 9.18 Å². The topological polar surface area (TPSA) is 133 Å². The number of nitrogens with one attached hydrogen (secondary N) is 2. The molecule has 1 aromatic carbocycles. The van der Waals surface area contributed by atoms with Crippen LogP contribution in [0.4, 0.5) is 15.9 Å². The first-order valence-corrected chi connectivity index (χ1v) is 14.1. The largest absolute Gasteiger partial charge is 0.495 e. The average molecular weight is 594 g/mol. The molecular formula is C29H32FN7O4S. The van der Waals surface area contributed by atoms with E-state index in [4.69, 9.17) is 19.9 Å². The third-order valence-electron chi connectivity index (χ3n) is 6.74. The first kappa shape index (κ1) is 29.2. The van der Waals surface area contributed by atoms with Gasteiger partial charge in [-0.1, -0.05) is 0 Å². The molecule has 1 fully saturated rings. The zero-order valence-electron chi connectivity index (χ0n) is 23.7. The van der Waals surface area contributed by atoms with E-state index in [1.54, 1.807) is 33.1 Å². The van der Waals surface area contributed by atoms with E-state index in [0.29, 0.717) is 30.3 Å². The van der Waals surface area contributed by atoms with Crippen molar-refractivity contribution in [1.82, 2.24) is 24.1 Å². The van der Waals surface area contributed by atoms with Gasteiger partial charge in [0.1, 0.15) is 11.6 Å². The Bertz CT molecular complexity index is 1670. The van der Waals surface area contributed by atoms with Gasteiger partial charge >= 0.3 is 0 Å². The zero-order chi connectivity index (χ0) is 29.8. The number of rotatable bonds is 10. The first-order chi connectivity index (χ1) is 20.3. The molecule has 0 aliphatic carbocycles. The number of allylic oxidation sites excluding steroid dienone is 3. The summed E-state index contributed by atoms with van der Waals surface area (Å²) in [6, 6.07) is 7.19. The van der Waals surface area contributed by atoms with Gasteiger partial charge in [0.2, 0.25) is 11.7 Å². The van der Waals surface area contributed by atoms with Crippen LogP contribution in [0.5, 0.6) is 11.6 Å². The molecule has 0 unspecified atom stereocenters. The number of carbonyl (C=O) groups is 1. The first-order valence-electron chi connectivity index (χ1n) is 13.3. The molecule has 0 atom stereocenters. The second kappa shape index (κ2) is 12.7. The van der Waals surface area contributed by atoms with Crippen LogP contribution >= 0.6 is 12.1 Å². The van der Waals surface area contributed by atoms with Crippen molar-refractivity contribution < 1.29 is 23.4 Å². The quantitative estimate of drug-likeness (QED) is 0.0958. The summed E-state index contributed by atoms with van der Waals surface area (Å²) in [6.07, 6.45) is 5.77. The minimum atomic E-state index is -0.490. The number of morpholine rings is 1. The van der Waals surface area contributed by atoms with E-state index in [1.165, 1.54) is 41.4 Å². The van der Waals surface area contributed by atoms with Crippen LogP contribution < -0.4 is 19.9 Å². The van der Waals surface area contributed by atoms with Crippen molar-refractivity contribution in [2.75, 3.05) is 43.9 Å². The standard InChI is InChI=1S/C29H32FN7O4S/c1-5-20(30)25(6-2)41-27-11-17(3)24(16-32-27)37-29(31)19(15-33-37)28(38)23-12-18-13-26(39-4)22(14-21(18)34-23)35-42-36-7-9-40-10-8-36/h5-6,11-16,34-35H,7-10,31H2,1-4H3/b20-5+,25-6+. The summed E-state index contributed by atoms with van der Waals surface area (Å²) in [7, 11) is 1.61. The molecule has 13 heteroatoms. The van der Waals surface area contributed by atoms with E-state index in [0.717, 1.165) is 35.2 Å². The second-order valence-electron chi connectivity index (χ2n) is 9.44. The third kappa shape index (κ3) is 5.98. The molecule has 4 aromatic rings. The maximum Gasteiger partial charge on any atom is 0.219 e. The van der Waals surface area contributed by atoms with Crippen molar-refractivity contribution >= 4 is 40.3 Å². The Morgan fingerprint density at radius 2 is 1.98 bits per heavy atom.